The van der Waals surface area contributed by atoms with E-state index in [0.717, 1.165) is 44.7 Å². The van der Waals surface area contributed by atoms with Gasteiger partial charge in [0.15, 0.2) is 5.58 Å². The quantitative estimate of drug-likeness (QED) is 0.188. The van der Waals surface area contributed by atoms with Gasteiger partial charge in [-0.25, -0.2) is 9.97 Å². The molecule has 5 nitrogen and oxygen atoms in total. The van der Waals surface area contributed by atoms with Gasteiger partial charge in [0.1, 0.15) is 16.8 Å². The van der Waals surface area contributed by atoms with Crippen LogP contribution in [0.25, 0.3) is 49.5 Å². The Morgan fingerprint density at radius 1 is 0.865 bits per heavy atom. The minimum Gasteiger partial charge on any atom is -0.452 e. The summed E-state index contributed by atoms with van der Waals surface area (Å²) in [5.41, 5.74) is 8.40. The fourth-order valence-electron chi connectivity index (χ4n) is 5.25. The fourth-order valence-corrected chi connectivity index (χ4v) is 5.25. The van der Waals surface area contributed by atoms with E-state index in [9.17, 15) is 0 Å². The van der Waals surface area contributed by atoms with Gasteiger partial charge in [0.2, 0.25) is 5.95 Å². The van der Waals surface area contributed by atoms with Crippen LogP contribution in [-0.4, -0.2) is 16.7 Å². The van der Waals surface area contributed by atoms with Crippen molar-refractivity contribution in [3.63, 3.8) is 0 Å². The summed E-state index contributed by atoms with van der Waals surface area (Å²) in [6.45, 7) is 5.55. The molecule has 4 aromatic carbocycles. The highest BCUT2D eigenvalue weighted by atomic mass is 16.3. The van der Waals surface area contributed by atoms with Crippen LogP contribution in [0, 0.1) is 0 Å². The van der Waals surface area contributed by atoms with Crippen LogP contribution in [0.15, 0.2) is 113 Å². The van der Waals surface area contributed by atoms with Crippen LogP contribution in [0.2, 0.25) is 0 Å². The zero-order chi connectivity index (χ0) is 24.9. The predicted molar refractivity (Wildman–Crippen MR) is 153 cm³/mol. The molecular weight excluding hydrogens is 456 g/mol. The molecule has 176 valence electrons. The number of nitrogens with zero attached hydrogens (tertiary/aromatic N) is 4. The molecule has 0 unspecified atom stereocenters. The van der Waals surface area contributed by atoms with Crippen LogP contribution >= 0.6 is 0 Å². The van der Waals surface area contributed by atoms with E-state index in [1.54, 1.807) is 6.20 Å². The second-order valence-electron chi connectivity index (χ2n) is 9.06. The summed E-state index contributed by atoms with van der Waals surface area (Å²) >= 11 is 0. The number of fused-ring (bicyclic) bond motifs is 5. The van der Waals surface area contributed by atoms with Crippen molar-refractivity contribution in [1.29, 1.82) is 0 Å². The standard InChI is InChI=1S/C32H22N4O/c1-20(10-9-19-33-2)29-31-30(24-14-4-6-18-27(24)37-31)35-32(34-29)36-25-16-5-3-13-22(25)23-15-7-11-21-12-8-17-26(36)28(21)23/h3-19H,2H2,1H3/b19-9-,20-10+. The summed E-state index contributed by atoms with van der Waals surface area (Å²) in [6.07, 6.45) is 5.47. The second-order valence-corrected chi connectivity index (χ2v) is 9.06. The average molecular weight is 479 g/mol. The molecule has 0 saturated carbocycles. The Balaban J connectivity index is 1.58. The van der Waals surface area contributed by atoms with E-state index in [2.05, 4.69) is 77.3 Å². The van der Waals surface area contributed by atoms with Gasteiger partial charge >= 0.3 is 0 Å². The van der Waals surface area contributed by atoms with Crippen LogP contribution < -0.4 is 4.90 Å². The van der Waals surface area contributed by atoms with Crippen LogP contribution in [-0.2, 0) is 0 Å². The smallest absolute Gasteiger partial charge is 0.236 e. The van der Waals surface area contributed by atoms with Gasteiger partial charge in [-0.05, 0) is 60.5 Å². The lowest BCUT2D eigenvalue weighted by molar-refractivity contribution is 0.664. The molecule has 0 bridgehead atoms. The van der Waals surface area contributed by atoms with Gasteiger partial charge < -0.3 is 4.42 Å². The van der Waals surface area contributed by atoms with Crippen LogP contribution in [0.5, 0.6) is 0 Å². The summed E-state index contributed by atoms with van der Waals surface area (Å²) in [5.74, 6) is 0.599. The number of para-hydroxylation sites is 2. The highest BCUT2D eigenvalue weighted by molar-refractivity contribution is 6.14. The van der Waals surface area contributed by atoms with Crippen molar-refractivity contribution in [2.75, 3.05) is 4.90 Å². The molecule has 0 atom stereocenters. The minimum absolute atomic E-state index is 0.599. The number of aliphatic imine (C=N–C) groups is 1. The Morgan fingerprint density at radius 3 is 2.51 bits per heavy atom. The van der Waals surface area contributed by atoms with Crippen LogP contribution in [0.4, 0.5) is 17.3 Å². The monoisotopic (exact) mass is 478 g/mol. The molecule has 1 aliphatic heterocycles. The van der Waals surface area contributed by atoms with Gasteiger partial charge in [0.05, 0.1) is 11.4 Å². The molecule has 0 saturated heterocycles. The highest BCUT2D eigenvalue weighted by Gasteiger charge is 2.28. The highest BCUT2D eigenvalue weighted by Crippen LogP contribution is 2.50. The van der Waals surface area contributed by atoms with Crippen molar-refractivity contribution >= 4 is 62.5 Å². The Bertz CT molecular complexity index is 1920. The van der Waals surface area contributed by atoms with E-state index < -0.39 is 0 Å². The third-order valence-electron chi connectivity index (χ3n) is 6.88. The van der Waals surface area contributed by atoms with Gasteiger partial charge in [-0.2, -0.15) is 0 Å². The SMILES string of the molecule is C=N/C=C\C=C(/C)c1nc(N2c3ccccc3-c3cccc4cccc2c34)nc2c1oc1ccccc12. The maximum Gasteiger partial charge on any atom is 0.236 e. The third-order valence-corrected chi connectivity index (χ3v) is 6.88. The van der Waals surface area contributed by atoms with Gasteiger partial charge in [-0.1, -0.05) is 66.7 Å². The maximum absolute atomic E-state index is 6.29. The number of hydrogen-bond donors (Lipinski definition) is 0. The summed E-state index contributed by atoms with van der Waals surface area (Å²) in [7, 11) is 0. The van der Waals surface area contributed by atoms with Crippen molar-refractivity contribution in [2.45, 2.75) is 6.92 Å². The molecule has 0 spiro atoms. The lowest BCUT2D eigenvalue weighted by Gasteiger charge is -2.32. The van der Waals surface area contributed by atoms with Gasteiger partial charge in [0.25, 0.3) is 0 Å². The number of allylic oxidation sites excluding steroid dienone is 3. The molecule has 37 heavy (non-hydrogen) atoms. The summed E-state index contributed by atoms with van der Waals surface area (Å²) in [5, 5.41) is 3.34. The number of furan rings is 1. The summed E-state index contributed by atoms with van der Waals surface area (Å²) in [4.78, 5) is 16.3. The maximum atomic E-state index is 6.29. The lowest BCUT2D eigenvalue weighted by atomic mass is 9.91. The van der Waals surface area contributed by atoms with Gasteiger partial charge in [0, 0.05) is 22.5 Å². The van der Waals surface area contributed by atoms with Crippen molar-refractivity contribution < 1.29 is 4.42 Å². The lowest BCUT2D eigenvalue weighted by Crippen LogP contribution is -2.18. The van der Waals surface area contributed by atoms with Gasteiger partial charge in [-0.3, -0.25) is 9.89 Å². The largest absolute Gasteiger partial charge is 0.452 e. The summed E-state index contributed by atoms with van der Waals surface area (Å²) in [6, 6.07) is 29.3. The molecule has 5 heteroatoms. The number of benzene rings is 4. The van der Waals surface area contributed by atoms with E-state index in [1.807, 2.05) is 43.3 Å². The normalized spacial score (nSPS) is 13.1. The van der Waals surface area contributed by atoms with Crippen molar-refractivity contribution in [2.24, 2.45) is 4.99 Å². The number of aromatic nitrogens is 2. The van der Waals surface area contributed by atoms with Crippen molar-refractivity contribution in [3.8, 4) is 11.1 Å². The van der Waals surface area contributed by atoms with Crippen molar-refractivity contribution in [1.82, 2.24) is 9.97 Å². The first-order valence-electron chi connectivity index (χ1n) is 12.1. The molecule has 3 heterocycles. The number of hydrogen-bond acceptors (Lipinski definition) is 5. The average Bonchev–Trinajstić information content (AvgIpc) is 3.32. The Morgan fingerprint density at radius 2 is 1.62 bits per heavy atom. The zero-order valence-electron chi connectivity index (χ0n) is 20.2. The molecule has 0 radical (unpaired) electrons. The number of anilines is 3. The first-order chi connectivity index (χ1) is 18.2. The second kappa shape index (κ2) is 8.28. The Labute approximate surface area is 213 Å². The number of rotatable bonds is 4. The molecule has 7 rings (SSSR count). The molecule has 0 N–H and O–H groups in total. The van der Waals surface area contributed by atoms with Crippen molar-refractivity contribution in [3.05, 3.63) is 109 Å². The Hall–Kier alpha value is -5.03. The minimum atomic E-state index is 0.599. The topological polar surface area (TPSA) is 54.5 Å². The van der Waals surface area contributed by atoms with E-state index in [-0.39, 0.29) is 0 Å². The van der Waals surface area contributed by atoms with E-state index in [4.69, 9.17) is 14.4 Å². The van der Waals surface area contributed by atoms with Gasteiger partial charge in [-0.15, -0.1) is 0 Å². The molecule has 1 aliphatic rings. The molecular formula is C32H22N4O. The first kappa shape index (κ1) is 21.3. The van der Waals surface area contributed by atoms with Crippen LogP contribution in [0.1, 0.15) is 12.6 Å². The zero-order valence-corrected chi connectivity index (χ0v) is 20.2. The molecule has 6 aromatic rings. The molecule has 0 aliphatic carbocycles. The molecule has 2 aromatic heterocycles. The molecule has 0 fully saturated rings. The third kappa shape index (κ3) is 3.21. The predicted octanol–water partition coefficient (Wildman–Crippen LogP) is 8.60. The van der Waals surface area contributed by atoms with E-state index >= 15 is 0 Å². The van der Waals surface area contributed by atoms with E-state index in [1.165, 1.54) is 16.3 Å². The fraction of sp³-hybridized carbons (Fsp3) is 0.0312. The van der Waals surface area contributed by atoms with E-state index in [0.29, 0.717) is 11.5 Å². The Kier molecular flexibility index (Phi) is 4.76. The first-order valence-corrected chi connectivity index (χ1v) is 12.1. The van der Waals surface area contributed by atoms with Crippen LogP contribution in [0.3, 0.4) is 0 Å². The summed E-state index contributed by atoms with van der Waals surface area (Å²) < 4.78 is 6.29. The molecule has 0 amide bonds.